The second kappa shape index (κ2) is 8.00. The van der Waals surface area contributed by atoms with E-state index >= 15 is 0 Å². The molecule has 1 unspecified atom stereocenters. The third kappa shape index (κ3) is 4.56. The van der Waals surface area contributed by atoms with Crippen LogP contribution < -0.4 is 5.32 Å². The molecule has 0 radical (unpaired) electrons. The van der Waals surface area contributed by atoms with Gasteiger partial charge in [0.2, 0.25) is 0 Å². The van der Waals surface area contributed by atoms with Crippen LogP contribution in [0.1, 0.15) is 43.5 Å². The maximum Gasteiger partial charge on any atom is 0.144 e. The maximum absolute atomic E-state index is 4.77. The molecule has 2 rings (SSSR count). The first-order valence-corrected chi connectivity index (χ1v) is 9.35. The van der Waals surface area contributed by atoms with Crippen LogP contribution in [0.25, 0.3) is 0 Å². The molecule has 19 heavy (non-hydrogen) atoms. The topological polar surface area (TPSA) is 37.8 Å². The summed E-state index contributed by atoms with van der Waals surface area (Å²) in [4.78, 5) is 9.49. The van der Waals surface area contributed by atoms with Gasteiger partial charge in [0.1, 0.15) is 11.6 Å². The van der Waals surface area contributed by atoms with Crippen molar-refractivity contribution in [3.63, 3.8) is 0 Å². The van der Waals surface area contributed by atoms with Gasteiger partial charge in [0.25, 0.3) is 0 Å². The third-order valence-corrected chi connectivity index (χ3v) is 5.71. The standard InChI is InChI=1S/C14H23N3S2/c1-3-5-11-9-13(15-6-4-2)17-14(16-11)12-10-18-7-8-19-12/h9,12H,3-8,10H2,1-2H3,(H,15,16,17). The summed E-state index contributed by atoms with van der Waals surface area (Å²) in [5.74, 6) is 5.66. The first-order chi connectivity index (χ1) is 9.33. The van der Waals surface area contributed by atoms with E-state index in [2.05, 4.69) is 25.2 Å². The van der Waals surface area contributed by atoms with Crippen LogP contribution in [-0.2, 0) is 6.42 Å². The Labute approximate surface area is 124 Å². The second-order valence-corrected chi connectivity index (χ2v) is 7.17. The molecule has 0 bridgehead atoms. The molecule has 3 nitrogen and oxygen atoms in total. The highest BCUT2D eigenvalue weighted by atomic mass is 32.2. The van der Waals surface area contributed by atoms with E-state index in [0.717, 1.165) is 43.2 Å². The Kier molecular flexibility index (Phi) is 6.31. The van der Waals surface area contributed by atoms with Crippen molar-refractivity contribution in [2.75, 3.05) is 29.1 Å². The van der Waals surface area contributed by atoms with Gasteiger partial charge in [-0.3, -0.25) is 0 Å². The fourth-order valence-corrected chi connectivity index (χ4v) is 4.63. The number of rotatable bonds is 6. The van der Waals surface area contributed by atoms with Crippen LogP contribution in [0.5, 0.6) is 0 Å². The van der Waals surface area contributed by atoms with Gasteiger partial charge in [-0.1, -0.05) is 20.3 Å². The molecule has 1 aliphatic heterocycles. The fourth-order valence-electron chi connectivity index (χ4n) is 2.03. The summed E-state index contributed by atoms with van der Waals surface area (Å²) in [5, 5.41) is 3.88. The molecule has 1 N–H and O–H groups in total. The monoisotopic (exact) mass is 297 g/mol. The first-order valence-electron chi connectivity index (χ1n) is 7.14. The zero-order valence-corrected chi connectivity index (χ0v) is 13.4. The highest BCUT2D eigenvalue weighted by Crippen LogP contribution is 2.35. The second-order valence-electron chi connectivity index (χ2n) is 4.71. The predicted molar refractivity (Wildman–Crippen MR) is 87.3 cm³/mol. The number of thioether (sulfide) groups is 2. The van der Waals surface area contributed by atoms with Crippen LogP contribution in [0.4, 0.5) is 5.82 Å². The molecule has 1 aliphatic rings. The van der Waals surface area contributed by atoms with Crippen molar-refractivity contribution in [2.24, 2.45) is 0 Å². The van der Waals surface area contributed by atoms with E-state index in [0.29, 0.717) is 5.25 Å². The Hall–Kier alpha value is -0.420. The van der Waals surface area contributed by atoms with Crippen LogP contribution in [0.3, 0.4) is 0 Å². The minimum Gasteiger partial charge on any atom is -0.370 e. The van der Waals surface area contributed by atoms with Gasteiger partial charge in [-0.2, -0.15) is 11.8 Å². The van der Waals surface area contributed by atoms with Crippen molar-refractivity contribution in [1.82, 2.24) is 9.97 Å². The van der Waals surface area contributed by atoms with Gasteiger partial charge in [-0.05, 0) is 12.8 Å². The summed E-state index contributed by atoms with van der Waals surface area (Å²) in [7, 11) is 0. The zero-order chi connectivity index (χ0) is 13.5. The number of aryl methyl sites for hydroxylation is 1. The molecule has 1 atom stereocenters. The molecular formula is C14H23N3S2. The van der Waals surface area contributed by atoms with Crippen molar-refractivity contribution in [1.29, 1.82) is 0 Å². The third-order valence-electron chi connectivity index (χ3n) is 2.96. The molecule has 0 saturated carbocycles. The van der Waals surface area contributed by atoms with E-state index in [1.54, 1.807) is 0 Å². The molecule has 2 heterocycles. The van der Waals surface area contributed by atoms with Crippen LogP contribution in [0.2, 0.25) is 0 Å². The van der Waals surface area contributed by atoms with Crippen LogP contribution >= 0.6 is 23.5 Å². The molecular weight excluding hydrogens is 274 g/mol. The van der Waals surface area contributed by atoms with Crippen molar-refractivity contribution < 1.29 is 0 Å². The summed E-state index contributed by atoms with van der Waals surface area (Å²) in [5.41, 5.74) is 1.18. The van der Waals surface area contributed by atoms with Gasteiger partial charge in [0.05, 0.1) is 5.25 Å². The highest BCUT2D eigenvalue weighted by Gasteiger charge is 2.20. The molecule has 1 aromatic heterocycles. The molecule has 0 aliphatic carbocycles. The molecule has 106 valence electrons. The van der Waals surface area contributed by atoms with Crippen molar-refractivity contribution in [2.45, 2.75) is 38.4 Å². The first kappa shape index (κ1) is 15.0. The maximum atomic E-state index is 4.77. The summed E-state index contributed by atoms with van der Waals surface area (Å²) in [6.07, 6.45) is 3.30. The predicted octanol–water partition coefficient (Wildman–Crippen LogP) is 3.77. The van der Waals surface area contributed by atoms with Gasteiger partial charge in [0.15, 0.2) is 0 Å². The van der Waals surface area contributed by atoms with Crippen molar-refractivity contribution in [3.8, 4) is 0 Å². The molecule has 0 aromatic carbocycles. The highest BCUT2D eigenvalue weighted by molar-refractivity contribution is 8.06. The average Bonchev–Trinajstić information content (AvgIpc) is 2.46. The van der Waals surface area contributed by atoms with E-state index in [-0.39, 0.29) is 0 Å². The van der Waals surface area contributed by atoms with Crippen LogP contribution in [-0.4, -0.2) is 33.8 Å². The van der Waals surface area contributed by atoms with E-state index < -0.39 is 0 Å². The van der Waals surface area contributed by atoms with Crippen LogP contribution in [0, 0.1) is 0 Å². The van der Waals surface area contributed by atoms with Crippen molar-refractivity contribution in [3.05, 3.63) is 17.6 Å². The van der Waals surface area contributed by atoms with E-state index in [9.17, 15) is 0 Å². The molecule has 0 amide bonds. The minimum atomic E-state index is 0.470. The molecule has 1 fully saturated rings. The van der Waals surface area contributed by atoms with Crippen molar-refractivity contribution >= 4 is 29.3 Å². The lowest BCUT2D eigenvalue weighted by atomic mass is 10.2. The van der Waals surface area contributed by atoms with Gasteiger partial charge >= 0.3 is 0 Å². The lowest BCUT2D eigenvalue weighted by Crippen LogP contribution is -2.13. The Morgan fingerprint density at radius 3 is 2.84 bits per heavy atom. The number of nitrogens with zero attached hydrogens (tertiary/aromatic N) is 2. The average molecular weight is 297 g/mol. The SMILES string of the molecule is CCCNc1cc(CCC)nc(C2CSCCS2)n1. The van der Waals surface area contributed by atoms with E-state index in [4.69, 9.17) is 9.97 Å². The smallest absolute Gasteiger partial charge is 0.144 e. The summed E-state index contributed by atoms with van der Waals surface area (Å²) >= 11 is 4.02. The fraction of sp³-hybridized carbons (Fsp3) is 0.714. The summed E-state index contributed by atoms with van der Waals surface area (Å²) in [6, 6.07) is 2.11. The molecule has 1 aromatic rings. The van der Waals surface area contributed by atoms with Gasteiger partial charge < -0.3 is 5.32 Å². The largest absolute Gasteiger partial charge is 0.370 e. The number of nitrogens with one attached hydrogen (secondary N) is 1. The summed E-state index contributed by atoms with van der Waals surface area (Å²) in [6.45, 7) is 5.36. The molecule has 1 saturated heterocycles. The Morgan fingerprint density at radius 2 is 2.16 bits per heavy atom. The lowest BCUT2D eigenvalue weighted by Gasteiger charge is -2.20. The van der Waals surface area contributed by atoms with Gasteiger partial charge in [-0.15, -0.1) is 11.8 Å². The lowest BCUT2D eigenvalue weighted by molar-refractivity contribution is 0.826. The Morgan fingerprint density at radius 1 is 1.26 bits per heavy atom. The zero-order valence-electron chi connectivity index (χ0n) is 11.8. The number of aromatic nitrogens is 2. The van der Waals surface area contributed by atoms with Gasteiger partial charge in [-0.25, -0.2) is 9.97 Å². The van der Waals surface area contributed by atoms with Crippen LogP contribution in [0.15, 0.2) is 6.07 Å². The minimum absolute atomic E-state index is 0.470. The summed E-state index contributed by atoms with van der Waals surface area (Å²) < 4.78 is 0. The number of anilines is 1. The van der Waals surface area contributed by atoms with E-state index in [1.807, 2.05) is 23.5 Å². The van der Waals surface area contributed by atoms with Gasteiger partial charge in [0, 0.05) is 35.6 Å². The number of hydrogen-bond acceptors (Lipinski definition) is 5. The Bertz CT molecular complexity index is 392. The molecule has 5 heteroatoms. The van der Waals surface area contributed by atoms with E-state index in [1.165, 1.54) is 17.2 Å². The Balaban J connectivity index is 2.17. The molecule has 0 spiro atoms. The normalized spacial score (nSPS) is 19.4. The number of hydrogen-bond donors (Lipinski definition) is 1. The quantitative estimate of drug-likeness (QED) is 0.865.